The van der Waals surface area contributed by atoms with Crippen LogP contribution in [0, 0.1) is 0 Å². The third-order valence-corrected chi connectivity index (χ3v) is 9.75. The third-order valence-electron chi connectivity index (χ3n) is 9.75. The summed E-state index contributed by atoms with van der Waals surface area (Å²) in [6.45, 7) is 0. The molecule has 0 unspecified atom stereocenters. The molecule has 10 aromatic carbocycles. The first-order chi connectivity index (χ1) is 39.6. The predicted molar refractivity (Wildman–Crippen MR) is 223 cm³/mol. The van der Waals surface area contributed by atoms with E-state index in [1.165, 1.54) is 0 Å². The van der Waals surface area contributed by atoms with Crippen molar-refractivity contribution in [2.45, 2.75) is 5.41 Å². The summed E-state index contributed by atoms with van der Waals surface area (Å²) >= 11 is 0. The Bertz CT molecular complexity index is 4810. The summed E-state index contributed by atoms with van der Waals surface area (Å²) in [6.07, 6.45) is 0. The second-order valence-electron chi connectivity index (χ2n) is 12.2. The molecule has 0 aliphatic heterocycles. The average Bonchev–Trinajstić information content (AvgIpc) is 1.53. The van der Waals surface area contributed by atoms with Gasteiger partial charge in [-0.3, -0.25) is 0 Å². The van der Waals surface area contributed by atoms with Crippen molar-refractivity contribution in [1.82, 2.24) is 0 Å². The fourth-order valence-electron chi connectivity index (χ4n) is 7.59. The van der Waals surface area contributed by atoms with Crippen LogP contribution in [0.15, 0.2) is 193 Å². The Morgan fingerprint density at radius 2 is 0.679 bits per heavy atom. The zero-order valence-corrected chi connectivity index (χ0v) is 26.5. The molecule has 2 aliphatic rings. The van der Waals surface area contributed by atoms with Crippen molar-refractivity contribution >= 4 is 32.3 Å². The van der Waals surface area contributed by atoms with E-state index >= 15 is 0 Å². The monoisotopic (exact) mass is 700 g/mol. The average molecular weight is 701 g/mol. The van der Waals surface area contributed by atoms with E-state index < -0.39 is 309 Å². The van der Waals surface area contributed by atoms with E-state index in [2.05, 4.69) is 0 Å². The summed E-state index contributed by atoms with van der Waals surface area (Å²) in [4.78, 5) is 0. The molecule has 10 aromatic rings. The molecule has 0 atom stereocenters. The van der Waals surface area contributed by atoms with Gasteiger partial charge in [-0.15, -0.1) is 0 Å². The summed E-state index contributed by atoms with van der Waals surface area (Å²) in [5.74, 6) is 0. The Labute approximate surface area is 353 Å². The van der Waals surface area contributed by atoms with Gasteiger partial charge in [-0.2, -0.15) is 0 Å². The van der Waals surface area contributed by atoms with Crippen LogP contribution in [0.2, 0.25) is 0 Å². The molecule has 0 saturated heterocycles. The minimum atomic E-state index is -2.87. The van der Waals surface area contributed by atoms with Crippen molar-refractivity contribution in [3.8, 4) is 55.6 Å². The van der Waals surface area contributed by atoms with E-state index in [9.17, 15) is 26.0 Å². The summed E-state index contributed by atoms with van der Waals surface area (Å²) in [7, 11) is 0. The van der Waals surface area contributed by atoms with Gasteiger partial charge >= 0.3 is 0 Å². The second kappa shape index (κ2) is 10.6. The van der Waals surface area contributed by atoms with Gasteiger partial charge in [-0.1, -0.05) is 187 Å². The van der Waals surface area contributed by atoms with Crippen LogP contribution in [0.1, 0.15) is 66.1 Å². The maximum atomic E-state index is 10.5. The molecule has 0 amide bonds. The Morgan fingerprint density at radius 1 is 0.283 bits per heavy atom. The molecule has 0 fully saturated rings. The second-order valence-corrected chi connectivity index (χ2v) is 12.2. The standard InChI is InChI=1S/C53H32/c1-2-10-33(11-3-1)34-18-20-35(21-19-34)39-27-22-36-25-31-46-40(28-23-37-24-30-45(39)51(36)52(37)46)38-26-29-44-43-14-6-9-17-49(43)53(50(44)32-38)47-15-7-4-12-41(47)42-13-5-8-16-48(42)53/h1-32H/i1D,2D,3D,4D,5D,6D,7D,8D,9D,10D,11D,12D,13D,14D,15D,16D,17D,18D,19D,20D,21D,22D,23D,24D,25D,26D,27D,28D,29D,30D,31D,32D. The van der Waals surface area contributed by atoms with Gasteiger partial charge < -0.3 is 0 Å². The van der Waals surface area contributed by atoms with Gasteiger partial charge in [0, 0.05) is 0 Å². The largest absolute Gasteiger partial charge is 0.0725 e. The van der Waals surface area contributed by atoms with Gasteiger partial charge in [0.15, 0.2) is 0 Å². The molecule has 244 valence electrons. The lowest BCUT2D eigenvalue weighted by Gasteiger charge is -2.30. The topological polar surface area (TPSA) is 0 Å². The van der Waals surface area contributed by atoms with Crippen molar-refractivity contribution in [2.75, 3.05) is 0 Å². The van der Waals surface area contributed by atoms with Crippen LogP contribution in [0.25, 0.3) is 88.0 Å². The lowest BCUT2D eigenvalue weighted by Crippen LogP contribution is -2.25. The SMILES string of the molecule is [2H]c1c([2H])c([2H])c(-c2c([2H])c([2H])c(-c3c([2H])c([2H])c4c([2H])c([2H])c5c(-c6c([2H])c([2H])c7c(c6[2H])C6(c8c([2H])c([2H])c([2H])c([2H])c8-c8c([2H])c([2H])c([2H])c([2H])c86)c6c([2H])c([2H])c([2H])c([2H])c6-7)c([2H])c([2H])c6c([2H])c([2H])c3c4c65)c([2H])c2[2H])c([2H])c1[2H]. The lowest BCUT2D eigenvalue weighted by molar-refractivity contribution is 0.794. The molecule has 2 aliphatic carbocycles. The molecule has 1 spiro atoms. The van der Waals surface area contributed by atoms with Crippen LogP contribution in [0.3, 0.4) is 0 Å². The molecule has 0 N–H and O–H groups in total. The third kappa shape index (κ3) is 3.80. The minimum absolute atomic E-state index is 0.521. The Morgan fingerprint density at radius 3 is 1.25 bits per heavy atom. The molecular weight excluding hydrogens is 637 g/mol. The maximum absolute atomic E-state index is 10.5. The van der Waals surface area contributed by atoms with E-state index in [-0.39, 0.29) is 0 Å². The van der Waals surface area contributed by atoms with Gasteiger partial charge in [0.1, 0.15) is 0 Å². The van der Waals surface area contributed by atoms with Crippen molar-refractivity contribution in [2.24, 2.45) is 0 Å². The van der Waals surface area contributed by atoms with Crippen LogP contribution in [0.4, 0.5) is 0 Å². The van der Waals surface area contributed by atoms with Crippen molar-refractivity contribution in [3.63, 3.8) is 0 Å². The molecule has 0 saturated carbocycles. The van der Waals surface area contributed by atoms with Crippen LogP contribution < -0.4 is 0 Å². The minimum Gasteiger partial charge on any atom is -0.0622 e. The highest BCUT2D eigenvalue weighted by Crippen LogP contribution is 2.63. The van der Waals surface area contributed by atoms with Crippen LogP contribution in [-0.4, -0.2) is 0 Å². The first kappa shape index (κ1) is 11.9. The number of rotatable bonds is 3. The highest BCUT2D eigenvalue weighted by molar-refractivity contribution is 6.27. The van der Waals surface area contributed by atoms with E-state index in [4.69, 9.17) is 17.8 Å². The van der Waals surface area contributed by atoms with E-state index in [1.807, 2.05) is 0 Å². The molecule has 0 nitrogen and oxygen atoms in total. The van der Waals surface area contributed by atoms with Gasteiger partial charge in [0.05, 0.1) is 49.3 Å². The Hall–Kier alpha value is -6.76. The zero-order chi connectivity index (χ0) is 62.5. The quantitative estimate of drug-likeness (QED) is 0.161. The summed E-state index contributed by atoms with van der Waals surface area (Å²) < 4.78 is 295. The first-order valence-corrected chi connectivity index (χ1v) is 16.0. The smallest absolute Gasteiger partial charge is 0.0622 e. The molecule has 0 bridgehead atoms. The highest BCUT2D eigenvalue weighted by atomic mass is 14.5. The molecule has 0 heteroatoms. The van der Waals surface area contributed by atoms with Crippen molar-refractivity contribution in [3.05, 3.63) is 216 Å². The predicted octanol–water partition coefficient (Wildman–Crippen LogP) is 13.9. The van der Waals surface area contributed by atoms with Crippen molar-refractivity contribution < 1.29 is 43.9 Å². The van der Waals surface area contributed by atoms with Gasteiger partial charge in [-0.05, 0) is 116 Å². The zero-order valence-electron chi connectivity index (χ0n) is 58.5. The maximum Gasteiger partial charge on any atom is 0.0725 e. The van der Waals surface area contributed by atoms with Gasteiger partial charge in [-0.25, -0.2) is 0 Å². The van der Waals surface area contributed by atoms with Gasteiger partial charge in [0.25, 0.3) is 0 Å². The number of hydrogen-bond donors (Lipinski definition) is 0. The van der Waals surface area contributed by atoms with Crippen molar-refractivity contribution in [1.29, 1.82) is 0 Å². The number of hydrogen-bond acceptors (Lipinski definition) is 0. The molecule has 0 aromatic heterocycles. The number of fused-ring (bicyclic) bond motifs is 10. The first-order valence-electron chi connectivity index (χ1n) is 32.0. The molecular formula is C53H32. The highest BCUT2D eigenvalue weighted by Gasteiger charge is 2.51. The summed E-state index contributed by atoms with van der Waals surface area (Å²) in [6, 6.07) is -30.7. The number of benzene rings is 10. The fraction of sp³-hybridized carbons (Fsp3) is 0.0189. The van der Waals surface area contributed by atoms with Crippen LogP contribution in [-0.2, 0) is 5.41 Å². The van der Waals surface area contributed by atoms with Crippen LogP contribution >= 0.6 is 0 Å². The molecule has 53 heavy (non-hydrogen) atoms. The lowest BCUT2D eigenvalue weighted by atomic mass is 9.70. The normalized spacial score (nSPS) is 21.9. The fourth-order valence-corrected chi connectivity index (χ4v) is 7.59. The molecule has 0 radical (unpaired) electrons. The summed E-state index contributed by atoms with van der Waals surface area (Å²) in [5, 5.41) is -3.67. The van der Waals surface area contributed by atoms with Crippen LogP contribution in [0.5, 0.6) is 0 Å². The Kier molecular flexibility index (Phi) is 2.38. The van der Waals surface area contributed by atoms with E-state index in [0.29, 0.717) is 0 Å². The van der Waals surface area contributed by atoms with Gasteiger partial charge in [0.2, 0.25) is 0 Å². The Balaban J connectivity index is 1.30. The molecule has 12 rings (SSSR count). The summed E-state index contributed by atoms with van der Waals surface area (Å²) in [5.41, 5.74) is -12.8. The van der Waals surface area contributed by atoms with E-state index in [1.54, 1.807) is 0 Å². The van der Waals surface area contributed by atoms with E-state index in [0.717, 1.165) is 0 Å². The molecule has 0 heterocycles.